The third-order valence-electron chi connectivity index (χ3n) is 2.87. The van der Waals surface area contributed by atoms with Crippen LogP contribution in [0.1, 0.15) is 15.9 Å². The number of amides is 1. The third-order valence-corrected chi connectivity index (χ3v) is 3.59. The van der Waals surface area contributed by atoms with Crippen molar-refractivity contribution in [3.8, 4) is 0 Å². The first-order chi connectivity index (χ1) is 8.99. The van der Waals surface area contributed by atoms with Gasteiger partial charge in [-0.1, -0.05) is 6.07 Å². The standard InChI is InChI=1S/C14H21NO3S/c1-10-5-6-12(19-4)7-13(10)14(17)15(2)8-11(16)9-18-3/h5-7,11,16H,8-9H2,1-4H3. The second kappa shape index (κ2) is 7.53. The van der Waals surface area contributed by atoms with Crippen molar-refractivity contribution in [3.05, 3.63) is 29.3 Å². The number of hydrogen-bond donors (Lipinski definition) is 1. The molecule has 4 nitrogen and oxygen atoms in total. The summed E-state index contributed by atoms with van der Waals surface area (Å²) in [7, 11) is 3.21. The lowest BCUT2D eigenvalue weighted by atomic mass is 10.1. The maximum absolute atomic E-state index is 12.3. The van der Waals surface area contributed by atoms with E-state index in [0.717, 1.165) is 10.5 Å². The molecule has 1 aromatic rings. The van der Waals surface area contributed by atoms with Crippen molar-refractivity contribution < 1.29 is 14.6 Å². The summed E-state index contributed by atoms with van der Waals surface area (Å²) >= 11 is 1.60. The molecular formula is C14H21NO3S. The molecule has 0 aliphatic carbocycles. The van der Waals surface area contributed by atoms with E-state index in [1.54, 1.807) is 18.8 Å². The Hall–Kier alpha value is -1.04. The van der Waals surface area contributed by atoms with Gasteiger partial charge in [0.1, 0.15) is 0 Å². The molecule has 1 amide bonds. The molecule has 19 heavy (non-hydrogen) atoms. The Balaban J connectivity index is 2.81. The summed E-state index contributed by atoms with van der Waals surface area (Å²) in [6.07, 6.45) is 1.31. The van der Waals surface area contributed by atoms with E-state index >= 15 is 0 Å². The molecule has 1 aromatic carbocycles. The SMILES string of the molecule is COCC(O)CN(C)C(=O)c1cc(SC)ccc1C. The molecule has 0 spiro atoms. The van der Waals surface area contributed by atoms with Gasteiger partial charge in [0.2, 0.25) is 0 Å². The Morgan fingerprint density at radius 1 is 1.53 bits per heavy atom. The van der Waals surface area contributed by atoms with Crippen LogP contribution in [0.2, 0.25) is 0 Å². The molecule has 0 saturated heterocycles. The first-order valence-electron chi connectivity index (χ1n) is 6.06. The third kappa shape index (κ3) is 4.53. The molecule has 0 aromatic heterocycles. The van der Waals surface area contributed by atoms with Crippen molar-refractivity contribution in [1.82, 2.24) is 4.90 Å². The van der Waals surface area contributed by atoms with Crippen LogP contribution in [-0.2, 0) is 4.74 Å². The summed E-state index contributed by atoms with van der Waals surface area (Å²) in [6.45, 7) is 2.40. The number of hydrogen-bond acceptors (Lipinski definition) is 4. The predicted molar refractivity (Wildman–Crippen MR) is 77.8 cm³/mol. The number of thioether (sulfide) groups is 1. The van der Waals surface area contributed by atoms with Crippen LogP contribution >= 0.6 is 11.8 Å². The average Bonchev–Trinajstić information content (AvgIpc) is 2.38. The molecule has 0 fully saturated rings. The largest absolute Gasteiger partial charge is 0.389 e. The lowest BCUT2D eigenvalue weighted by Gasteiger charge is -2.21. The zero-order chi connectivity index (χ0) is 14.4. The van der Waals surface area contributed by atoms with Gasteiger partial charge in [0.15, 0.2) is 0 Å². The van der Waals surface area contributed by atoms with Crippen LogP contribution in [0.15, 0.2) is 23.1 Å². The van der Waals surface area contributed by atoms with Gasteiger partial charge >= 0.3 is 0 Å². The van der Waals surface area contributed by atoms with Gasteiger partial charge in [0.05, 0.1) is 12.7 Å². The average molecular weight is 283 g/mol. The highest BCUT2D eigenvalue weighted by Crippen LogP contribution is 2.20. The van der Waals surface area contributed by atoms with Crippen LogP contribution in [-0.4, -0.2) is 55.6 Å². The van der Waals surface area contributed by atoms with E-state index < -0.39 is 6.10 Å². The summed E-state index contributed by atoms with van der Waals surface area (Å²) < 4.78 is 4.86. The number of carbonyl (C=O) groups is 1. The number of nitrogens with zero attached hydrogens (tertiary/aromatic N) is 1. The maximum Gasteiger partial charge on any atom is 0.253 e. The Bertz CT molecular complexity index is 437. The second-order valence-electron chi connectivity index (χ2n) is 4.48. The number of benzene rings is 1. The Morgan fingerprint density at radius 3 is 2.79 bits per heavy atom. The first-order valence-corrected chi connectivity index (χ1v) is 7.29. The predicted octanol–water partition coefficient (Wildman–Crippen LogP) is 1.80. The van der Waals surface area contributed by atoms with Crippen molar-refractivity contribution in [2.75, 3.05) is 33.6 Å². The smallest absolute Gasteiger partial charge is 0.253 e. The van der Waals surface area contributed by atoms with E-state index in [9.17, 15) is 9.90 Å². The fourth-order valence-corrected chi connectivity index (χ4v) is 2.25. The number of carbonyl (C=O) groups excluding carboxylic acids is 1. The molecule has 5 heteroatoms. The fraction of sp³-hybridized carbons (Fsp3) is 0.500. The quantitative estimate of drug-likeness (QED) is 0.809. The maximum atomic E-state index is 12.3. The van der Waals surface area contributed by atoms with Gasteiger partial charge in [-0.25, -0.2) is 0 Å². The van der Waals surface area contributed by atoms with Gasteiger partial charge in [-0.3, -0.25) is 4.79 Å². The van der Waals surface area contributed by atoms with Crippen molar-refractivity contribution in [2.45, 2.75) is 17.9 Å². The van der Waals surface area contributed by atoms with E-state index in [2.05, 4.69) is 0 Å². The van der Waals surface area contributed by atoms with E-state index in [4.69, 9.17) is 4.74 Å². The summed E-state index contributed by atoms with van der Waals surface area (Å²) in [6, 6.07) is 5.83. The normalized spacial score (nSPS) is 12.3. The molecule has 0 aliphatic rings. The highest BCUT2D eigenvalue weighted by atomic mass is 32.2. The summed E-state index contributed by atoms with van der Waals surface area (Å²) in [5.41, 5.74) is 1.62. The van der Waals surface area contributed by atoms with Gasteiger partial charge in [0, 0.05) is 31.2 Å². The monoisotopic (exact) mass is 283 g/mol. The summed E-state index contributed by atoms with van der Waals surface area (Å²) in [4.78, 5) is 14.9. The van der Waals surface area contributed by atoms with Crippen molar-refractivity contribution in [1.29, 1.82) is 0 Å². The van der Waals surface area contributed by atoms with E-state index in [-0.39, 0.29) is 19.1 Å². The Morgan fingerprint density at radius 2 is 2.21 bits per heavy atom. The van der Waals surface area contributed by atoms with Crippen LogP contribution in [0.25, 0.3) is 0 Å². The molecule has 0 bridgehead atoms. The minimum absolute atomic E-state index is 0.0800. The van der Waals surface area contributed by atoms with Gasteiger partial charge in [-0.15, -0.1) is 11.8 Å². The van der Waals surface area contributed by atoms with Gasteiger partial charge in [-0.2, -0.15) is 0 Å². The molecule has 1 rings (SSSR count). The minimum atomic E-state index is -0.664. The van der Waals surface area contributed by atoms with Crippen LogP contribution in [0.5, 0.6) is 0 Å². The molecule has 1 atom stereocenters. The molecule has 0 aliphatic heterocycles. The van der Waals surface area contributed by atoms with Crippen LogP contribution in [0, 0.1) is 6.92 Å². The summed E-state index contributed by atoms with van der Waals surface area (Å²) in [5, 5.41) is 9.66. The second-order valence-corrected chi connectivity index (χ2v) is 5.36. The fourth-order valence-electron chi connectivity index (χ4n) is 1.81. The van der Waals surface area contributed by atoms with E-state index in [1.807, 2.05) is 31.4 Å². The molecule has 0 radical (unpaired) electrons. The van der Waals surface area contributed by atoms with Crippen LogP contribution in [0.4, 0.5) is 0 Å². The van der Waals surface area contributed by atoms with Crippen LogP contribution in [0.3, 0.4) is 0 Å². The number of aryl methyl sites for hydroxylation is 1. The first kappa shape index (κ1) is 16.0. The number of aliphatic hydroxyl groups excluding tert-OH is 1. The topological polar surface area (TPSA) is 49.8 Å². The molecule has 106 valence electrons. The van der Waals surface area contributed by atoms with Gasteiger partial charge < -0.3 is 14.7 Å². The molecular weight excluding hydrogens is 262 g/mol. The van der Waals surface area contributed by atoms with Crippen LogP contribution < -0.4 is 0 Å². The molecule has 0 heterocycles. The number of rotatable bonds is 6. The number of ether oxygens (including phenoxy) is 1. The number of aliphatic hydroxyl groups is 1. The molecule has 0 saturated carbocycles. The van der Waals surface area contributed by atoms with E-state index in [0.29, 0.717) is 5.56 Å². The van der Waals surface area contributed by atoms with Crippen molar-refractivity contribution in [3.63, 3.8) is 0 Å². The Labute approximate surface area is 118 Å². The van der Waals surface area contributed by atoms with Gasteiger partial charge in [-0.05, 0) is 30.9 Å². The lowest BCUT2D eigenvalue weighted by Crippen LogP contribution is -2.36. The zero-order valence-corrected chi connectivity index (χ0v) is 12.7. The summed E-state index contributed by atoms with van der Waals surface area (Å²) in [5.74, 6) is -0.0800. The Kier molecular flexibility index (Phi) is 6.34. The lowest BCUT2D eigenvalue weighted by molar-refractivity contribution is 0.0380. The number of methoxy groups -OCH3 is 1. The zero-order valence-electron chi connectivity index (χ0n) is 11.8. The highest BCUT2D eigenvalue weighted by molar-refractivity contribution is 7.98. The van der Waals surface area contributed by atoms with Crippen molar-refractivity contribution in [2.24, 2.45) is 0 Å². The van der Waals surface area contributed by atoms with E-state index in [1.165, 1.54) is 12.0 Å². The molecule has 1 N–H and O–H groups in total. The highest BCUT2D eigenvalue weighted by Gasteiger charge is 2.17. The number of likely N-dealkylation sites (N-methyl/N-ethyl adjacent to an activating group) is 1. The van der Waals surface area contributed by atoms with Crippen molar-refractivity contribution >= 4 is 17.7 Å². The molecule has 1 unspecified atom stereocenters. The van der Waals surface area contributed by atoms with Gasteiger partial charge in [0.25, 0.3) is 5.91 Å². The minimum Gasteiger partial charge on any atom is -0.389 e.